The van der Waals surface area contributed by atoms with E-state index in [2.05, 4.69) is 31.7 Å². The van der Waals surface area contributed by atoms with Gasteiger partial charge in [0.1, 0.15) is 0 Å². The third kappa shape index (κ3) is 5.53. The van der Waals surface area contributed by atoms with E-state index < -0.39 is 16.1 Å². The highest BCUT2D eigenvalue weighted by atomic mass is 32.2. The van der Waals surface area contributed by atoms with Crippen LogP contribution in [0, 0.1) is 0 Å². The summed E-state index contributed by atoms with van der Waals surface area (Å²) in [6, 6.07) is 13.9. The van der Waals surface area contributed by atoms with Gasteiger partial charge in [0, 0.05) is 61.0 Å². The first-order valence-electron chi connectivity index (χ1n) is 16.1. The average Bonchev–Trinajstić information content (AvgIpc) is 3.67. The number of benzene rings is 2. The first-order chi connectivity index (χ1) is 22.2. The zero-order valence-corrected chi connectivity index (χ0v) is 27.0. The highest BCUT2D eigenvalue weighted by Gasteiger charge is 2.32. The highest BCUT2D eigenvalue weighted by molar-refractivity contribution is 7.87. The van der Waals surface area contributed by atoms with Crippen molar-refractivity contribution in [2.24, 2.45) is 0 Å². The molecule has 2 amide bonds. The second-order valence-corrected chi connectivity index (χ2v) is 14.7. The van der Waals surface area contributed by atoms with Crippen LogP contribution in [0.2, 0.25) is 0 Å². The van der Waals surface area contributed by atoms with E-state index in [1.54, 1.807) is 18.3 Å². The monoisotopic (exact) mass is 641 g/mol. The standard InChI is InChI=1S/C34H39N7O4S/c1-38(2)46(44,45)36-33(42)25-12-13-29-30(21-25)40-22-26(34(43)39-17-14-27(15-18-39)41-19-16-35-37-41)20-24-10-6-7-11-28(24)32(40)31(29)23-8-4-3-5-9-23/h6-7,10-13,16,19-21,23,27H,3-5,8-9,14-15,17-18,22H2,1-2H3,(H,36,42). The number of aromatic nitrogens is 4. The summed E-state index contributed by atoms with van der Waals surface area (Å²) in [6.45, 7) is 1.59. The van der Waals surface area contributed by atoms with E-state index in [1.165, 1.54) is 26.1 Å². The lowest BCUT2D eigenvalue weighted by molar-refractivity contribution is -0.128. The molecule has 1 N–H and O–H groups in total. The number of likely N-dealkylation sites (tertiary alicyclic amines) is 1. The summed E-state index contributed by atoms with van der Waals surface area (Å²) in [7, 11) is -1.21. The lowest BCUT2D eigenvalue weighted by atomic mass is 9.81. The molecule has 1 saturated carbocycles. The number of hydrogen-bond acceptors (Lipinski definition) is 6. The predicted octanol–water partition coefficient (Wildman–Crippen LogP) is 4.74. The maximum Gasteiger partial charge on any atom is 0.303 e. The van der Waals surface area contributed by atoms with E-state index in [9.17, 15) is 18.0 Å². The fourth-order valence-corrected chi connectivity index (χ4v) is 7.90. The molecule has 2 aromatic heterocycles. The van der Waals surface area contributed by atoms with Crippen LogP contribution in [-0.4, -0.2) is 76.2 Å². The predicted molar refractivity (Wildman–Crippen MR) is 176 cm³/mol. The Morgan fingerprint density at radius 1 is 0.978 bits per heavy atom. The summed E-state index contributed by atoms with van der Waals surface area (Å²) < 4.78 is 32.2. The summed E-state index contributed by atoms with van der Waals surface area (Å²) >= 11 is 0. The normalized spacial score (nSPS) is 17.8. The van der Waals surface area contributed by atoms with Gasteiger partial charge in [0.05, 0.1) is 24.5 Å². The Labute approximate surface area is 269 Å². The van der Waals surface area contributed by atoms with Crippen molar-refractivity contribution in [3.05, 3.63) is 77.1 Å². The number of carbonyl (C=O) groups excluding carboxylic acids is 2. The fraction of sp³-hybridized carbons (Fsp3) is 0.412. The topological polar surface area (TPSA) is 122 Å². The van der Waals surface area contributed by atoms with Crippen LogP contribution >= 0.6 is 0 Å². The average molecular weight is 642 g/mol. The van der Waals surface area contributed by atoms with Crippen molar-refractivity contribution in [3.8, 4) is 11.3 Å². The third-order valence-electron chi connectivity index (χ3n) is 9.80. The molecule has 4 aromatic rings. The van der Waals surface area contributed by atoms with E-state index >= 15 is 0 Å². The maximum atomic E-state index is 14.2. The number of nitrogens with zero attached hydrogens (tertiary/aromatic N) is 6. The molecule has 12 heteroatoms. The molecule has 2 fully saturated rings. The second-order valence-electron chi connectivity index (χ2n) is 12.8. The van der Waals surface area contributed by atoms with Gasteiger partial charge in [-0.05, 0) is 60.9 Å². The summed E-state index contributed by atoms with van der Waals surface area (Å²) in [6.07, 6.45) is 12.9. The van der Waals surface area contributed by atoms with Gasteiger partial charge >= 0.3 is 10.2 Å². The van der Waals surface area contributed by atoms with Crippen molar-refractivity contribution >= 4 is 39.0 Å². The van der Waals surface area contributed by atoms with Crippen molar-refractivity contribution in [3.63, 3.8) is 0 Å². The van der Waals surface area contributed by atoms with Gasteiger partial charge in [-0.15, -0.1) is 5.10 Å². The van der Waals surface area contributed by atoms with Gasteiger partial charge in [-0.25, -0.2) is 9.40 Å². The largest absolute Gasteiger partial charge is 0.339 e. The number of carbonyl (C=O) groups is 2. The molecule has 0 spiro atoms. The third-order valence-corrected chi connectivity index (χ3v) is 11.2. The lowest BCUT2D eigenvalue weighted by Gasteiger charge is -2.32. The fourth-order valence-electron chi connectivity index (χ4n) is 7.36. The van der Waals surface area contributed by atoms with Crippen LogP contribution < -0.4 is 4.72 Å². The Hall–Kier alpha value is -4.29. The molecule has 2 aromatic carbocycles. The maximum absolute atomic E-state index is 14.2. The molecule has 4 heterocycles. The van der Waals surface area contributed by atoms with E-state index in [-0.39, 0.29) is 17.5 Å². The van der Waals surface area contributed by atoms with E-state index in [0.717, 1.165) is 70.6 Å². The van der Waals surface area contributed by atoms with Crippen molar-refractivity contribution in [2.75, 3.05) is 27.2 Å². The van der Waals surface area contributed by atoms with Gasteiger partial charge in [0.2, 0.25) is 0 Å². The van der Waals surface area contributed by atoms with Crippen LogP contribution in [0.3, 0.4) is 0 Å². The molecule has 11 nitrogen and oxygen atoms in total. The molecule has 0 bridgehead atoms. The van der Waals surface area contributed by atoms with Gasteiger partial charge in [-0.2, -0.15) is 12.7 Å². The summed E-state index contributed by atoms with van der Waals surface area (Å²) in [4.78, 5) is 29.4. The number of amides is 2. The quantitative estimate of drug-likeness (QED) is 0.325. The van der Waals surface area contributed by atoms with Crippen molar-refractivity contribution in [1.29, 1.82) is 0 Å². The van der Waals surface area contributed by atoms with E-state index in [4.69, 9.17) is 0 Å². The van der Waals surface area contributed by atoms with Crippen molar-refractivity contribution in [2.45, 2.75) is 63.5 Å². The summed E-state index contributed by atoms with van der Waals surface area (Å²) in [5, 5.41) is 9.16. The molecule has 0 radical (unpaired) electrons. The van der Waals surface area contributed by atoms with Crippen LogP contribution in [0.15, 0.2) is 60.4 Å². The highest BCUT2D eigenvalue weighted by Crippen LogP contribution is 2.46. The van der Waals surface area contributed by atoms with E-state index in [1.807, 2.05) is 40.1 Å². The number of rotatable bonds is 6. The number of piperidine rings is 1. The molecule has 2 aliphatic heterocycles. The van der Waals surface area contributed by atoms with Gasteiger partial charge in [0.25, 0.3) is 11.8 Å². The Balaban J connectivity index is 1.31. The SMILES string of the molecule is CN(C)S(=O)(=O)NC(=O)c1ccc2c(C3CCCCC3)c3n(c2c1)CC(C(=O)N1CCC(n2ccnn2)CC1)=Cc1ccccc1-3. The second kappa shape index (κ2) is 12.1. The summed E-state index contributed by atoms with van der Waals surface area (Å²) in [5.41, 5.74) is 6.15. The molecule has 0 atom stereocenters. The Bertz CT molecular complexity index is 1930. The molecule has 7 rings (SSSR count). The van der Waals surface area contributed by atoms with Gasteiger partial charge in [0.15, 0.2) is 0 Å². The van der Waals surface area contributed by atoms with Crippen LogP contribution in [-0.2, 0) is 21.5 Å². The number of nitrogens with one attached hydrogen (secondary N) is 1. The smallest absolute Gasteiger partial charge is 0.303 e. The molecule has 46 heavy (non-hydrogen) atoms. The molecular formula is C34H39N7O4S. The minimum Gasteiger partial charge on any atom is -0.339 e. The van der Waals surface area contributed by atoms with Gasteiger partial charge in [-0.3, -0.25) is 9.59 Å². The van der Waals surface area contributed by atoms with Crippen molar-refractivity contribution < 1.29 is 18.0 Å². The first-order valence-corrected chi connectivity index (χ1v) is 17.5. The van der Waals surface area contributed by atoms with Crippen LogP contribution in [0.1, 0.15) is 78.4 Å². The van der Waals surface area contributed by atoms with Crippen LogP contribution in [0.25, 0.3) is 28.2 Å². The molecule has 3 aliphatic rings. The zero-order valence-electron chi connectivity index (χ0n) is 26.2. The molecule has 240 valence electrons. The first kappa shape index (κ1) is 30.4. The molecule has 1 aliphatic carbocycles. The Kier molecular flexibility index (Phi) is 8.02. The van der Waals surface area contributed by atoms with Gasteiger partial charge < -0.3 is 9.47 Å². The molecular weight excluding hydrogens is 602 g/mol. The van der Waals surface area contributed by atoms with Gasteiger partial charge in [-0.1, -0.05) is 54.8 Å². The lowest BCUT2D eigenvalue weighted by Crippen LogP contribution is -2.40. The number of fused-ring (bicyclic) bond motifs is 5. The van der Waals surface area contributed by atoms with Crippen molar-refractivity contribution in [1.82, 2.24) is 33.5 Å². The zero-order chi connectivity index (χ0) is 32.0. The minimum atomic E-state index is -3.97. The Morgan fingerprint density at radius 2 is 1.74 bits per heavy atom. The van der Waals surface area contributed by atoms with Crippen LogP contribution in [0.5, 0.6) is 0 Å². The van der Waals surface area contributed by atoms with E-state index in [0.29, 0.717) is 31.1 Å². The summed E-state index contributed by atoms with van der Waals surface area (Å²) in [5.74, 6) is -0.337. The Morgan fingerprint density at radius 3 is 2.46 bits per heavy atom. The number of hydrogen-bond donors (Lipinski definition) is 1. The molecule has 0 unspecified atom stereocenters. The minimum absolute atomic E-state index is 0.00623. The molecule has 1 saturated heterocycles. The van der Waals surface area contributed by atoms with Crippen LogP contribution in [0.4, 0.5) is 0 Å².